The van der Waals surface area contributed by atoms with E-state index >= 15 is 0 Å². The zero-order chi connectivity index (χ0) is 24.2. The van der Waals surface area contributed by atoms with Gasteiger partial charge < -0.3 is 14.8 Å². The van der Waals surface area contributed by atoms with Crippen LogP contribution in [0.1, 0.15) is 56.2 Å². The van der Waals surface area contributed by atoms with Crippen LogP contribution in [0.2, 0.25) is 0 Å². The van der Waals surface area contributed by atoms with Crippen LogP contribution in [0, 0.1) is 13.8 Å². The van der Waals surface area contributed by atoms with E-state index in [1.807, 2.05) is 51.1 Å². The summed E-state index contributed by atoms with van der Waals surface area (Å²) < 4.78 is 12.3. The van der Waals surface area contributed by atoms with Crippen molar-refractivity contribution in [3.05, 3.63) is 51.5 Å². The summed E-state index contributed by atoms with van der Waals surface area (Å²) in [6.45, 7) is 9.00. The monoisotopic (exact) mass is 517 g/mol. The molecule has 2 amide bonds. The van der Waals surface area contributed by atoms with Gasteiger partial charge in [0.2, 0.25) is 11.8 Å². The van der Waals surface area contributed by atoms with Crippen molar-refractivity contribution in [2.75, 3.05) is 18.5 Å². The molecule has 2 aromatic carbocycles. The molecule has 33 heavy (non-hydrogen) atoms. The summed E-state index contributed by atoms with van der Waals surface area (Å²) in [5.74, 6) is 0.706. The van der Waals surface area contributed by atoms with E-state index in [0.717, 1.165) is 39.7 Å². The quantitative estimate of drug-likeness (QED) is 0.220. The number of aryl methyl sites for hydroxylation is 2. The molecular weight excluding hydrogens is 486 g/mol. The van der Waals surface area contributed by atoms with Crippen molar-refractivity contribution in [2.45, 2.75) is 53.4 Å². The number of benzene rings is 2. The zero-order valence-corrected chi connectivity index (χ0v) is 21.3. The van der Waals surface area contributed by atoms with E-state index in [1.54, 1.807) is 0 Å². The lowest BCUT2D eigenvalue weighted by Crippen LogP contribution is -2.21. The number of hydrogen-bond donors (Lipinski definition) is 2. The van der Waals surface area contributed by atoms with Crippen LogP contribution in [0.5, 0.6) is 11.5 Å². The van der Waals surface area contributed by atoms with E-state index in [1.165, 1.54) is 6.21 Å². The number of amides is 2. The summed E-state index contributed by atoms with van der Waals surface area (Å²) in [4.78, 5) is 24.3. The average molecular weight is 518 g/mol. The predicted molar refractivity (Wildman–Crippen MR) is 135 cm³/mol. The Morgan fingerprint density at radius 3 is 2.55 bits per heavy atom. The van der Waals surface area contributed by atoms with E-state index < -0.39 is 0 Å². The third kappa shape index (κ3) is 8.88. The largest absolute Gasteiger partial charge is 0.490 e. The molecule has 0 bridgehead atoms. The summed E-state index contributed by atoms with van der Waals surface area (Å²) in [5, 5.41) is 6.85. The maximum atomic E-state index is 12.2. The number of ether oxygens (including phenoxy) is 2. The number of carbonyl (C=O) groups is 2. The van der Waals surface area contributed by atoms with Crippen LogP contribution >= 0.6 is 15.9 Å². The molecule has 0 aliphatic rings. The van der Waals surface area contributed by atoms with Gasteiger partial charge in [0.25, 0.3) is 0 Å². The van der Waals surface area contributed by atoms with Gasteiger partial charge in [-0.2, -0.15) is 5.10 Å². The van der Waals surface area contributed by atoms with Gasteiger partial charge in [0.1, 0.15) is 0 Å². The number of halogens is 1. The Morgan fingerprint density at radius 2 is 1.82 bits per heavy atom. The molecule has 0 heterocycles. The van der Waals surface area contributed by atoms with Gasteiger partial charge in [-0.05, 0) is 78.0 Å². The molecule has 0 aromatic heterocycles. The molecule has 8 heteroatoms. The molecule has 0 unspecified atom stereocenters. The summed E-state index contributed by atoms with van der Waals surface area (Å²) in [5.41, 5.74) is 5.99. The molecule has 0 atom stereocenters. The smallest absolute Gasteiger partial charge is 0.240 e. The van der Waals surface area contributed by atoms with Crippen LogP contribution in [0.15, 0.2) is 39.9 Å². The topological polar surface area (TPSA) is 89.0 Å². The van der Waals surface area contributed by atoms with E-state index in [4.69, 9.17) is 9.47 Å². The Morgan fingerprint density at radius 1 is 1.06 bits per heavy atom. The zero-order valence-electron chi connectivity index (χ0n) is 19.7. The number of hydrazone groups is 1. The first kappa shape index (κ1) is 26.4. The van der Waals surface area contributed by atoms with Crippen LogP contribution < -0.4 is 20.2 Å². The molecule has 0 radical (unpaired) electrons. The van der Waals surface area contributed by atoms with E-state index in [-0.39, 0.29) is 24.7 Å². The van der Waals surface area contributed by atoms with Gasteiger partial charge in [0, 0.05) is 18.5 Å². The second kappa shape index (κ2) is 13.6. The first-order valence-electron chi connectivity index (χ1n) is 11.1. The van der Waals surface area contributed by atoms with Gasteiger partial charge >= 0.3 is 0 Å². The van der Waals surface area contributed by atoms with E-state index in [0.29, 0.717) is 24.7 Å². The highest BCUT2D eigenvalue weighted by molar-refractivity contribution is 9.10. The number of rotatable bonds is 12. The van der Waals surface area contributed by atoms with E-state index in [2.05, 4.69) is 38.7 Å². The third-order valence-electron chi connectivity index (χ3n) is 4.73. The van der Waals surface area contributed by atoms with Crippen LogP contribution in [-0.4, -0.2) is 31.2 Å². The molecule has 0 aliphatic heterocycles. The Bertz CT molecular complexity index is 992. The van der Waals surface area contributed by atoms with Gasteiger partial charge in [0.15, 0.2) is 11.5 Å². The van der Waals surface area contributed by atoms with Gasteiger partial charge in [-0.1, -0.05) is 25.5 Å². The van der Waals surface area contributed by atoms with Gasteiger partial charge in [-0.3, -0.25) is 9.59 Å². The first-order chi connectivity index (χ1) is 15.8. The van der Waals surface area contributed by atoms with Crippen LogP contribution in [0.3, 0.4) is 0 Å². The lowest BCUT2D eigenvalue weighted by molar-refractivity contribution is -0.124. The molecule has 0 saturated heterocycles. The van der Waals surface area contributed by atoms with Crippen molar-refractivity contribution >= 4 is 39.6 Å². The van der Waals surface area contributed by atoms with Crippen molar-refractivity contribution < 1.29 is 19.1 Å². The summed E-state index contributed by atoms with van der Waals surface area (Å²) in [7, 11) is 0. The molecule has 2 N–H and O–H groups in total. The molecule has 0 aliphatic carbocycles. The summed E-state index contributed by atoms with van der Waals surface area (Å²) in [6.07, 6.45) is 3.62. The third-order valence-corrected chi connectivity index (χ3v) is 5.31. The SMILES string of the molecule is CCCCOc1c(Br)cc(C=NNC(=O)CCC(=O)Nc2cc(C)ccc2C)cc1OCC. The molecule has 0 fully saturated rings. The second-order valence-corrected chi connectivity index (χ2v) is 8.48. The fourth-order valence-electron chi connectivity index (χ4n) is 2.93. The minimum atomic E-state index is -0.342. The van der Waals surface area contributed by atoms with Gasteiger partial charge in [-0.25, -0.2) is 5.43 Å². The highest BCUT2D eigenvalue weighted by Crippen LogP contribution is 2.36. The maximum Gasteiger partial charge on any atom is 0.240 e. The van der Waals surface area contributed by atoms with Gasteiger partial charge in [-0.15, -0.1) is 0 Å². The first-order valence-corrected chi connectivity index (χ1v) is 11.9. The molecule has 2 aromatic rings. The van der Waals surface area contributed by atoms with E-state index in [9.17, 15) is 9.59 Å². The molecule has 7 nitrogen and oxygen atoms in total. The van der Waals surface area contributed by atoms with Crippen LogP contribution in [0.4, 0.5) is 5.69 Å². The van der Waals surface area contributed by atoms with Crippen molar-refractivity contribution in [3.8, 4) is 11.5 Å². The number of unbranched alkanes of at least 4 members (excludes halogenated alkanes) is 1. The predicted octanol–water partition coefficient (Wildman–Crippen LogP) is 5.51. The minimum absolute atomic E-state index is 0.0339. The molecule has 178 valence electrons. The molecule has 0 saturated carbocycles. The number of nitrogens with zero attached hydrogens (tertiary/aromatic N) is 1. The maximum absolute atomic E-state index is 12.2. The number of nitrogens with one attached hydrogen (secondary N) is 2. The van der Waals surface area contributed by atoms with Crippen molar-refractivity contribution in [2.24, 2.45) is 5.10 Å². The normalized spacial score (nSPS) is 10.8. The van der Waals surface area contributed by atoms with Crippen molar-refractivity contribution in [3.63, 3.8) is 0 Å². The Labute approximate surface area is 204 Å². The van der Waals surface area contributed by atoms with Crippen LogP contribution in [0.25, 0.3) is 0 Å². The minimum Gasteiger partial charge on any atom is -0.490 e. The molecule has 0 spiro atoms. The fourth-order valence-corrected chi connectivity index (χ4v) is 3.50. The summed E-state index contributed by atoms with van der Waals surface area (Å²) in [6, 6.07) is 9.50. The number of anilines is 1. The standard InChI is InChI=1S/C25H32BrN3O4/c1-5-7-12-33-25-20(26)14-19(15-22(25)32-6-2)16-27-29-24(31)11-10-23(30)28-21-13-17(3)8-9-18(21)4/h8-9,13-16H,5-7,10-12H2,1-4H3,(H,28,30)(H,29,31). The second-order valence-electron chi connectivity index (χ2n) is 7.62. The highest BCUT2D eigenvalue weighted by Gasteiger charge is 2.12. The van der Waals surface area contributed by atoms with Crippen molar-refractivity contribution in [1.82, 2.24) is 5.43 Å². The average Bonchev–Trinajstić information content (AvgIpc) is 2.77. The Balaban J connectivity index is 1.89. The molecule has 2 rings (SSSR count). The highest BCUT2D eigenvalue weighted by atomic mass is 79.9. The Kier molecular flexibility index (Phi) is 10.9. The Hall–Kier alpha value is -2.87. The number of carbonyl (C=O) groups excluding carboxylic acids is 2. The van der Waals surface area contributed by atoms with Gasteiger partial charge in [0.05, 0.1) is 23.9 Å². The molecular formula is C25H32BrN3O4. The van der Waals surface area contributed by atoms with Crippen molar-refractivity contribution in [1.29, 1.82) is 0 Å². The number of hydrogen-bond acceptors (Lipinski definition) is 5. The lowest BCUT2D eigenvalue weighted by Gasteiger charge is -2.14. The lowest BCUT2D eigenvalue weighted by atomic mass is 10.1. The fraction of sp³-hybridized carbons (Fsp3) is 0.400. The summed E-state index contributed by atoms with van der Waals surface area (Å²) >= 11 is 3.52. The van der Waals surface area contributed by atoms with Crippen LogP contribution in [-0.2, 0) is 9.59 Å².